The first kappa shape index (κ1) is 18.4. The number of hydrogen-bond acceptors (Lipinski definition) is 4. The zero-order valence-electron chi connectivity index (χ0n) is 14.9. The summed E-state index contributed by atoms with van der Waals surface area (Å²) in [6.07, 6.45) is 1.49. The van der Waals surface area contributed by atoms with Gasteiger partial charge in [-0.15, -0.1) is 0 Å². The summed E-state index contributed by atoms with van der Waals surface area (Å²) < 4.78 is 5.16. The predicted molar refractivity (Wildman–Crippen MR) is 99.0 cm³/mol. The number of likely N-dealkylation sites (tertiary alicyclic amines) is 1. The molecule has 2 N–H and O–H groups in total. The highest BCUT2D eigenvalue weighted by atomic mass is 16.5. The zero-order valence-corrected chi connectivity index (χ0v) is 14.9. The summed E-state index contributed by atoms with van der Waals surface area (Å²) in [5, 5.41) is 11.8. The Morgan fingerprint density at radius 3 is 2.44 bits per heavy atom. The summed E-state index contributed by atoms with van der Waals surface area (Å²) in [5.74, 6) is -0.973. The second-order valence-corrected chi connectivity index (χ2v) is 6.29. The lowest BCUT2D eigenvalue weighted by Crippen LogP contribution is -2.23. The van der Waals surface area contributed by atoms with Gasteiger partial charge in [0.2, 0.25) is 5.91 Å². The summed E-state index contributed by atoms with van der Waals surface area (Å²) in [6.45, 7) is 1.32. The lowest BCUT2D eigenvalue weighted by molar-refractivity contribution is -0.128. The molecule has 2 amide bonds. The number of aromatic carboxylic acids is 1. The minimum atomic E-state index is -1.07. The maximum Gasteiger partial charge on any atom is 0.335 e. The van der Waals surface area contributed by atoms with E-state index in [0.29, 0.717) is 24.2 Å². The molecule has 7 nitrogen and oxygen atoms in total. The normalized spacial score (nSPS) is 13.5. The third-order valence-corrected chi connectivity index (χ3v) is 4.46. The molecule has 1 saturated heterocycles. The smallest absolute Gasteiger partial charge is 0.335 e. The van der Waals surface area contributed by atoms with Gasteiger partial charge in [0.15, 0.2) is 0 Å². The van der Waals surface area contributed by atoms with Crippen molar-refractivity contribution in [1.82, 2.24) is 4.90 Å². The topological polar surface area (TPSA) is 95.9 Å². The number of carboxylic acid groups (broad SMARTS) is 1. The quantitative estimate of drug-likeness (QED) is 0.817. The fourth-order valence-corrected chi connectivity index (χ4v) is 2.98. The van der Waals surface area contributed by atoms with Crippen molar-refractivity contribution in [3.63, 3.8) is 0 Å². The summed E-state index contributed by atoms with van der Waals surface area (Å²) in [7, 11) is 1.41. The van der Waals surface area contributed by atoms with Crippen LogP contribution in [0.25, 0.3) is 0 Å². The van der Waals surface area contributed by atoms with E-state index in [0.717, 1.165) is 18.5 Å². The van der Waals surface area contributed by atoms with Gasteiger partial charge < -0.3 is 20.1 Å². The Bertz CT molecular complexity index is 876. The van der Waals surface area contributed by atoms with Crippen molar-refractivity contribution in [2.75, 3.05) is 19.0 Å². The van der Waals surface area contributed by atoms with Crippen LogP contribution >= 0.6 is 0 Å². The van der Waals surface area contributed by atoms with Crippen molar-refractivity contribution in [2.45, 2.75) is 19.4 Å². The van der Waals surface area contributed by atoms with E-state index in [1.165, 1.54) is 25.3 Å². The van der Waals surface area contributed by atoms with Gasteiger partial charge in [-0.2, -0.15) is 0 Å². The van der Waals surface area contributed by atoms with Gasteiger partial charge in [0.05, 0.1) is 18.4 Å². The highest BCUT2D eigenvalue weighted by Crippen LogP contribution is 2.26. The van der Waals surface area contributed by atoms with Crippen molar-refractivity contribution in [1.29, 1.82) is 0 Å². The third kappa shape index (κ3) is 4.25. The molecule has 0 bridgehead atoms. The van der Waals surface area contributed by atoms with Crippen LogP contribution in [0.3, 0.4) is 0 Å². The molecule has 0 atom stereocenters. The maximum atomic E-state index is 12.5. The Labute approximate surface area is 156 Å². The number of methoxy groups -OCH3 is 1. The highest BCUT2D eigenvalue weighted by molar-refractivity contribution is 6.05. The Morgan fingerprint density at radius 1 is 1.15 bits per heavy atom. The van der Waals surface area contributed by atoms with Gasteiger partial charge in [0.1, 0.15) is 5.75 Å². The molecule has 0 unspecified atom stereocenters. The van der Waals surface area contributed by atoms with Gasteiger partial charge in [-0.25, -0.2) is 4.79 Å². The molecule has 3 rings (SSSR count). The number of hydrogen-bond donors (Lipinski definition) is 2. The zero-order chi connectivity index (χ0) is 19.4. The maximum absolute atomic E-state index is 12.5. The second-order valence-electron chi connectivity index (χ2n) is 6.29. The number of anilines is 1. The number of carboxylic acids is 1. The molecule has 0 aliphatic carbocycles. The molecule has 7 heteroatoms. The van der Waals surface area contributed by atoms with Crippen LogP contribution in [0.2, 0.25) is 0 Å². The molecule has 0 radical (unpaired) electrons. The highest BCUT2D eigenvalue weighted by Gasteiger charge is 2.20. The van der Waals surface area contributed by atoms with Crippen LogP contribution in [0, 0.1) is 0 Å². The first-order chi connectivity index (χ1) is 13.0. The standard InChI is InChI=1S/C20H20N2O5/c1-27-17-11-15(20(25)26)8-9-16(17)21-19(24)14-6-4-13(5-7-14)12-22-10-2-3-18(22)23/h4-9,11H,2-3,10,12H2,1H3,(H,21,24)(H,25,26). The molecule has 1 heterocycles. The molecule has 27 heavy (non-hydrogen) atoms. The molecular formula is C20H20N2O5. The van der Waals surface area contributed by atoms with Crippen molar-refractivity contribution in [3.8, 4) is 5.75 Å². The number of carbonyl (C=O) groups excluding carboxylic acids is 2. The van der Waals surface area contributed by atoms with Gasteiger partial charge in [0.25, 0.3) is 5.91 Å². The molecule has 0 aromatic heterocycles. The minimum absolute atomic E-state index is 0.0747. The molecule has 2 aromatic rings. The summed E-state index contributed by atoms with van der Waals surface area (Å²) in [6, 6.07) is 11.3. The number of carbonyl (C=O) groups is 3. The van der Waals surface area contributed by atoms with E-state index in [2.05, 4.69) is 5.32 Å². The largest absolute Gasteiger partial charge is 0.495 e. The molecule has 1 aliphatic rings. The van der Waals surface area contributed by atoms with E-state index in [9.17, 15) is 14.4 Å². The molecule has 1 aliphatic heterocycles. The molecule has 0 saturated carbocycles. The van der Waals surface area contributed by atoms with Crippen LogP contribution < -0.4 is 10.1 Å². The number of nitrogens with one attached hydrogen (secondary N) is 1. The van der Waals surface area contributed by atoms with Gasteiger partial charge in [-0.1, -0.05) is 12.1 Å². The number of rotatable bonds is 6. The Morgan fingerprint density at radius 2 is 1.85 bits per heavy atom. The third-order valence-electron chi connectivity index (χ3n) is 4.46. The fraction of sp³-hybridized carbons (Fsp3) is 0.250. The van der Waals surface area contributed by atoms with E-state index in [1.807, 2.05) is 17.0 Å². The second kappa shape index (κ2) is 7.90. The van der Waals surface area contributed by atoms with E-state index in [4.69, 9.17) is 9.84 Å². The van der Waals surface area contributed by atoms with Crippen LogP contribution in [0.4, 0.5) is 5.69 Å². The molecule has 2 aromatic carbocycles. The fourth-order valence-electron chi connectivity index (χ4n) is 2.98. The van der Waals surface area contributed by atoms with Crippen LogP contribution in [-0.4, -0.2) is 41.4 Å². The summed E-state index contributed by atoms with van der Waals surface area (Å²) in [4.78, 5) is 37.0. The minimum Gasteiger partial charge on any atom is -0.495 e. The molecule has 0 spiro atoms. The van der Waals surface area contributed by atoms with E-state index < -0.39 is 5.97 Å². The number of benzene rings is 2. The predicted octanol–water partition coefficient (Wildman–Crippen LogP) is 2.77. The molecule has 140 valence electrons. The van der Waals surface area contributed by atoms with Crippen molar-refractivity contribution in [2.24, 2.45) is 0 Å². The summed E-state index contributed by atoms with van der Waals surface area (Å²) in [5.41, 5.74) is 1.88. The Kier molecular flexibility index (Phi) is 5.40. The Balaban J connectivity index is 1.69. The average molecular weight is 368 g/mol. The van der Waals surface area contributed by atoms with Crippen LogP contribution in [0.5, 0.6) is 5.75 Å². The van der Waals surface area contributed by atoms with Gasteiger partial charge >= 0.3 is 5.97 Å². The molecule has 1 fully saturated rings. The van der Waals surface area contributed by atoms with Gasteiger partial charge in [-0.05, 0) is 42.3 Å². The van der Waals surface area contributed by atoms with Crippen LogP contribution in [0.15, 0.2) is 42.5 Å². The van der Waals surface area contributed by atoms with Crippen LogP contribution in [-0.2, 0) is 11.3 Å². The van der Waals surface area contributed by atoms with Gasteiger partial charge in [0, 0.05) is 25.1 Å². The van der Waals surface area contributed by atoms with E-state index in [-0.39, 0.29) is 23.1 Å². The lowest BCUT2D eigenvalue weighted by atomic mass is 10.1. The SMILES string of the molecule is COc1cc(C(=O)O)ccc1NC(=O)c1ccc(CN2CCCC2=O)cc1. The Hall–Kier alpha value is -3.35. The van der Waals surface area contributed by atoms with Crippen molar-refractivity contribution in [3.05, 3.63) is 59.2 Å². The van der Waals surface area contributed by atoms with E-state index in [1.54, 1.807) is 12.1 Å². The van der Waals surface area contributed by atoms with Crippen molar-refractivity contribution >= 4 is 23.5 Å². The van der Waals surface area contributed by atoms with E-state index >= 15 is 0 Å². The first-order valence-electron chi connectivity index (χ1n) is 8.57. The number of nitrogens with zero attached hydrogens (tertiary/aromatic N) is 1. The monoisotopic (exact) mass is 368 g/mol. The number of ether oxygens (including phenoxy) is 1. The molecular weight excluding hydrogens is 348 g/mol. The first-order valence-corrected chi connectivity index (χ1v) is 8.57. The number of amides is 2. The van der Waals surface area contributed by atoms with Crippen LogP contribution in [0.1, 0.15) is 39.1 Å². The van der Waals surface area contributed by atoms with Crippen molar-refractivity contribution < 1.29 is 24.2 Å². The van der Waals surface area contributed by atoms with Gasteiger partial charge in [-0.3, -0.25) is 9.59 Å². The average Bonchev–Trinajstić information content (AvgIpc) is 3.07. The lowest BCUT2D eigenvalue weighted by Gasteiger charge is -2.15. The summed E-state index contributed by atoms with van der Waals surface area (Å²) >= 11 is 0.